The predicted molar refractivity (Wildman–Crippen MR) is 125 cm³/mol. The third-order valence-electron chi connectivity index (χ3n) is 6.88. The summed E-state index contributed by atoms with van der Waals surface area (Å²) in [6, 6.07) is 10.6. The highest BCUT2D eigenvalue weighted by Gasteiger charge is 2.27. The van der Waals surface area contributed by atoms with Crippen molar-refractivity contribution >= 4 is 5.91 Å². The largest absolute Gasteiger partial charge is 0.356 e. The van der Waals surface area contributed by atoms with Crippen LogP contribution in [-0.2, 0) is 11.3 Å². The Morgan fingerprint density at radius 1 is 1.16 bits per heavy atom. The molecule has 2 unspecified atom stereocenters. The van der Waals surface area contributed by atoms with Gasteiger partial charge in [0.05, 0.1) is 12.5 Å². The molecule has 1 aromatic heterocycles. The fourth-order valence-corrected chi connectivity index (χ4v) is 5.08. The van der Waals surface area contributed by atoms with E-state index in [2.05, 4.69) is 32.2 Å². The molecule has 0 radical (unpaired) electrons. The molecule has 2 atom stereocenters. The first kappa shape index (κ1) is 22.9. The number of aromatic nitrogens is 2. The van der Waals surface area contributed by atoms with E-state index in [4.69, 9.17) is 4.52 Å². The maximum atomic E-state index is 12.8. The predicted octanol–water partition coefficient (Wildman–Crippen LogP) is 3.72. The highest BCUT2D eigenvalue weighted by atomic mass is 16.5. The molecular weight excluding hydrogens is 402 g/mol. The Morgan fingerprint density at radius 3 is 2.88 bits per heavy atom. The van der Waals surface area contributed by atoms with E-state index in [1.807, 2.05) is 30.3 Å². The number of amides is 1. The van der Waals surface area contributed by atoms with Crippen LogP contribution < -0.4 is 5.32 Å². The highest BCUT2D eigenvalue weighted by molar-refractivity contribution is 5.78. The molecule has 2 aliphatic heterocycles. The fraction of sp³-hybridized carbons (Fsp3) is 0.640. The highest BCUT2D eigenvalue weighted by Crippen LogP contribution is 2.21. The summed E-state index contributed by atoms with van der Waals surface area (Å²) in [6.07, 6.45) is 8.23. The summed E-state index contributed by atoms with van der Waals surface area (Å²) in [5, 5.41) is 7.30. The van der Waals surface area contributed by atoms with Gasteiger partial charge in [0.1, 0.15) is 0 Å². The average Bonchev–Trinajstić information content (AvgIpc) is 3.31. The van der Waals surface area contributed by atoms with Crippen molar-refractivity contribution < 1.29 is 9.32 Å². The van der Waals surface area contributed by atoms with Gasteiger partial charge in [-0.3, -0.25) is 9.69 Å². The Balaban J connectivity index is 1.20. The molecule has 1 amide bonds. The minimum absolute atomic E-state index is 0.0404. The van der Waals surface area contributed by atoms with Crippen LogP contribution in [0.5, 0.6) is 0 Å². The van der Waals surface area contributed by atoms with Gasteiger partial charge in [-0.1, -0.05) is 48.8 Å². The van der Waals surface area contributed by atoms with Crippen molar-refractivity contribution in [1.29, 1.82) is 0 Å². The molecule has 1 aromatic carbocycles. The molecule has 1 N–H and O–H groups in total. The molecule has 7 nitrogen and oxygen atoms in total. The Morgan fingerprint density at radius 2 is 2.03 bits per heavy atom. The van der Waals surface area contributed by atoms with E-state index < -0.39 is 0 Å². The van der Waals surface area contributed by atoms with E-state index in [0.29, 0.717) is 18.3 Å². The van der Waals surface area contributed by atoms with Gasteiger partial charge in [-0.15, -0.1) is 0 Å². The molecule has 174 valence electrons. The number of nitrogens with zero attached hydrogens (tertiary/aromatic N) is 4. The van der Waals surface area contributed by atoms with Crippen molar-refractivity contribution in [3.63, 3.8) is 0 Å². The molecule has 2 saturated heterocycles. The Hall–Kier alpha value is -2.25. The van der Waals surface area contributed by atoms with Gasteiger partial charge in [0, 0.05) is 31.2 Å². The van der Waals surface area contributed by atoms with Gasteiger partial charge < -0.3 is 14.7 Å². The van der Waals surface area contributed by atoms with Crippen LogP contribution in [-0.4, -0.2) is 64.6 Å². The van der Waals surface area contributed by atoms with Crippen molar-refractivity contribution in [1.82, 2.24) is 25.3 Å². The molecule has 0 aliphatic carbocycles. The van der Waals surface area contributed by atoms with Crippen LogP contribution in [0.3, 0.4) is 0 Å². The molecule has 7 heteroatoms. The summed E-state index contributed by atoms with van der Waals surface area (Å²) < 4.78 is 5.46. The van der Waals surface area contributed by atoms with Crippen LogP contribution in [0.25, 0.3) is 11.4 Å². The zero-order valence-corrected chi connectivity index (χ0v) is 19.3. The van der Waals surface area contributed by atoms with Crippen molar-refractivity contribution in [3.8, 4) is 11.4 Å². The minimum atomic E-state index is 0.0404. The zero-order chi connectivity index (χ0) is 22.2. The number of likely N-dealkylation sites (tertiary alicyclic amines) is 2. The second-order valence-corrected chi connectivity index (χ2v) is 9.19. The summed E-state index contributed by atoms with van der Waals surface area (Å²) in [5.41, 5.74) is 0.952. The third-order valence-corrected chi connectivity index (χ3v) is 6.88. The number of benzene rings is 1. The molecule has 3 heterocycles. The summed E-state index contributed by atoms with van der Waals surface area (Å²) in [4.78, 5) is 22.2. The van der Waals surface area contributed by atoms with Crippen LogP contribution >= 0.6 is 0 Å². The summed E-state index contributed by atoms with van der Waals surface area (Å²) in [6.45, 7) is 7.67. The lowest BCUT2D eigenvalue weighted by Crippen LogP contribution is -2.44. The zero-order valence-electron chi connectivity index (χ0n) is 19.3. The van der Waals surface area contributed by atoms with Gasteiger partial charge in [-0.05, 0) is 51.6 Å². The normalized spacial score (nSPS) is 22.7. The number of hydrogen-bond acceptors (Lipinski definition) is 6. The summed E-state index contributed by atoms with van der Waals surface area (Å²) in [7, 11) is 0. The van der Waals surface area contributed by atoms with Crippen molar-refractivity contribution in [2.45, 2.75) is 64.5 Å². The van der Waals surface area contributed by atoms with Crippen LogP contribution in [0.1, 0.15) is 57.8 Å². The molecule has 2 aromatic rings. The van der Waals surface area contributed by atoms with Gasteiger partial charge in [0.2, 0.25) is 17.6 Å². The van der Waals surface area contributed by atoms with E-state index in [1.165, 1.54) is 32.2 Å². The monoisotopic (exact) mass is 439 g/mol. The standard InChI is InChI=1S/C25H37N5O2/c1-2-22-13-6-7-16-30(22)17-9-14-26-25(31)21-12-8-15-29(18-21)19-23-27-24(28-32-23)20-10-4-3-5-11-20/h3-5,10-11,21-22H,2,6-9,12-19H2,1H3,(H,26,31). The van der Waals surface area contributed by atoms with Gasteiger partial charge in [-0.2, -0.15) is 4.98 Å². The van der Waals surface area contributed by atoms with E-state index in [9.17, 15) is 4.79 Å². The minimum Gasteiger partial charge on any atom is -0.356 e. The first-order valence-electron chi connectivity index (χ1n) is 12.3. The smallest absolute Gasteiger partial charge is 0.241 e. The molecule has 0 spiro atoms. The maximum Gasteiger partial charge on any atom is 0.241 e. The Bertz CT molecular complexity index is 840. The van der Waals surface area contributed by atoms with Gasteiger partial charge >= 0.3 is 0 Å². The topological polar surface area (TPSA) is 74.5 Å². The number of hydrogen-bond donors (Lipinski definition) is 1. The van der Waals surface area contributed by atoms with Crippen LogP contribution in [0, 0.1) is 5.92 Å². The number of rotatable bonds is 9. The number of piperidine rings is 2. The van der Waals surface area contributed by atoms with E-state index >= 15 is 0 Å². The van der Waals surface area contributed by atoms with Gasteiger partial charge in [-0.25, -0.2) is 0 Å². The van der Waals surface area contributed by atoms with Gasteiger partial charge in [0.25, 0.3) is 0 Å². The first-order chi connectivity index (χ1) is 15.7. The van der Waals surface area contributed by atoms with Crippen LogP contribution in [0.2, 0.25) is 0 Å². The molecule has 0 saturated carbocycles. The lowest BCUT2D eigenvalue weighted by Gasteiger charge is -2.35. The van der Waals surface area contributed by atoms with Crippen LogP contribution in [0.15, 0.2) is 34.9 Å². The Labute approximate surface area is 191 Å². The summed E-state index contributed by atoms with van der Waals surface area (Å²) in [5.74, 6) is 1.46. The average molecular weight is 440 g/mol. The number of nitrogens with one attached hydrogen (secondary N) is 1. The fourth-order valence-electron chi connectivity index (χ4n) is 5.08. The second kappa shape index (κ2) is 11.6. The summed E-state index contributed by atoms with van der Waals surface area (Å²) >= 11 is 0. The Kier molecular flexibility index (Phi) is 8.29. The first-order valence-corrected chi connectivity index (χ1v) is 12.3. The van der Waals surface area contributed by atoms with Crippen molar-refractivity contribution in [2.24, 2.45) is 5.92 Å². The molecule has 32 heavy (non-hydrogen) atoms. The molecule has 4 rings (SSSR count). The second-order valence-electron chi connectivity index (χ2n) is 9.19. The third kappa shape index (κ3) is 6.17. The molecular formula is C25H37N5O2. The van der Waals surface area contributed by atoms with Gasteiger partial charge in [0.15, 0.2) is 0 Å². The molecule has 0 bridgehead atoms. The molecule has 2 aliphatic rings. The number of carbonyl (C=O) groups is 1. The van der Waals surface area contributed by atoms with Crippen molar-refractivity contribution in [2.75, 3.05) is 32.7 Å². The lowest BCUT2D eigenvalue weighted by atomic mass is 9.97. The van der Waals surface area contributed by atoms with E-state index in [-0.39, 0.29) is 11.8 Å². The molecule has 2 fully saturated rings. The number of carbonyl (C=O) groups excluding carboxylic acids is 1. The van der Waals surface area contributed by atoms with E-state index in [0.717, 1.165) is 57.0 Å². The SMILES string of the molecule is CCC1CCCCN1CCCNC(=O)C1CCCN(Cc2nc(-c3ccccc3)no2)C1. The van der Waals surface area contributed by atoms with E-state index in [1.54, 1.807) is 0 Å². The lowest BCUT2D eigenvalue weighted by molar-refractivity contribution is -0.126. The van der Waals surface area contributed by atoms with Crippen LogP contribution in [0.4, 0.5) is 0 Å². The van der Waals surface area contributed by atoms with Crippen molar-refractivity contribution in [3.05, 3.63) is 36.2 Å². The maximum absolute atomic E-state index is 12.8. The quantitative estimate of drug-likeness (QED) is 0.600.